The molecule has 1 aromatic carbocycles. The van der Waals surface area contributed by atoms with E-state index in [0.29, 0.717) is 6.61 Å². The molecule has 0 aliphatic carbocycles. The number of aryl methyl sites for hydroxylation is 1. The molecule has 1 aromatic rings. The predicted octanol–water partition coefficient (Wildman–Crippen LogP) is 3.47. The summed E-state index contributed by atoms with van der Waals surface area (Å²) in [4.78, 5) is 0. The molecule has 2 atom stereocenters. The van der Waals surface area contributed by atoms with E-state index >= 15 is 0 Å². The van der Waals surface area contributed by atoms with Gasteiger partial charge in [0.2, 0.25) is 0 Å². The summed E-state index contributed by atoms with van der Waals surface area (Å²) in [5.41, 5.74) is 1.13. The minimum Gasteiger partial charge on any atom is -0.489 e. The van der Waals surface area contributed by atoms with Crippen LogP contribution in [0.2, 0.25) is 0 Å². The van der Waals surface area contributed by atoms with Crippen LogP contribution in [0.3, 0.4) is 0 Å². The molecular formula is C15H19BrO3. The van der Waals surface area contributed by atoms with Crippen molar-refractivity contribution in [3.05, 3.63) is 28.2 Å². The number of benzene rings is 1. The Morgan fingerprint density at radius 3 is 3.00 bits per heavy atom. The maximum atomic E-state index is 6.15. The third-order valence-corrected chi connectivity index (χ3v) is 4.52. The van der Waals surface area contributed by atoms with E-state index in [1.54, 1.807) is 0 Å². The van der Waals surface area contributed by atoms with Gasteiger partial charge in [-0.1, -0.05) is 6.07 Å². The van der Waals surface area contributed by atoms with Gasteiger partial charge in [-0.25, -0.2) is 0 Å². The zero-order valence-corrected chi connectivity index (χ0v) is 12.7. The Kier molecular flexibility index (Phi) is 3.83. The zero-order chi connectivity index (χ0) is 13.3. The Hall–Kier alpha value is -0.580. The van der Waals surface area contributed by atoms with E-state index in [0.717, 1.165) is 42.7 Å². The fourth-order valence-corrected chi connectivity index (χ4v) is 3.41. The lowest BCUT2D eigenvalue weighted by molar-refractivity contribution is -0.112. The first-order chi connectivity index (χ1) is 9.17. The van der Waals surface area contributed by atoms with E-state index in [4.69, 9.17) is 14.2 Å². The molecule has 0 amide bonds. The van der Waals surface area contributed by atoms with Crippen molar-refractivity contribution in [3.8, 4) is 5.75 Å². The first-order valence-corrected chi connectivity index (χ1v) is 7.61. The summed E-state index contributed by atoms with van der Waals surface area (Å²) < 4.78 is 18.6. The second kappa shape index (κ2) is 5.43. The van der Waals surface area contributed by atoms with Gasteiger partial charge in [0.1, 0.15) is 11.9 Å². The molecule has 4 heteroatoms. The molecule has 104 valence electrons. The SMILES string of the molecule is Cc1ccc(OC2CCOC3(CCOC3)C2)c(Br)c1. The van der Waals surface area contributed by atoms with Crippen LogP contribution < -0.4 is 4.74 Å². The minimum absolute atomic E-state index is 0.0971. The van der Waals surface area contributed by atoms with Crippen LogP contribution in [0.1, 0.15) is 24.8 Å². The summed E-state index contributed by atoms with van der Waals surface area (Å²) in [6.07, 6.45) is 3.08. The first-order valence-electron chi connectivity index (χ1n) is 6.81. The van der Waals surface area contributed by atoms with Crippen molar-refractivity contribution in [1.82, 2.24) is 0 Å². The molecule has 2 saturated heterocycles. The summed E-state index contributed by atoms with van der Waals surface area (Å²) in [5.74, 6) is 0.923. The smallest absolute Gasteiger partial charge is 0.133 e. The van der Waals surface area contributed by atoms with Crippen molar-refractivity contribution >= 4 is 15.9 Å². The molecule has 0 bridgehead atoms. The highest BCUT2D eigenvalue weighted by Crippen LogP contribution is 2.36. The van der Waals surface area contributed by atoms with E-state index in [2.05, 4.69) is 35.0 Å². The molecule has 0 N–H and O–H groups in total. The van der Waals surface area contributed by atoms with Gasteiger partial charge in [0.25, 0.3) is 0 Å². The summed E-state index contributed by atoms with van der Waals surface area (Å²) in [6.45, 7) is 4.36. The van der Waals surface area contributed by atoms with E-state index in [-0.39, 0.29) is 11.7 Å². The molecule has 2 aliphatic heterocycles. The average molecular weight is 327 g/mol. The number of ether oxygens (including phenoxy) is 3. The fourth-order valence-electron chi connectivity index (χ4n) is 2.83. The maximum absolute atomic E-state index is 6.15. The van der Waals surface area contributed by atoms with Gasteiger partial charge in [-0.15, -0.1) is 0 Å². The quantitative estimate of drug-likeness (QED) is 0.832. The zero-order valence-electron chi connectivity index (χ0n) is 11.2. The predicted molar refractivity (Wildman–Crippen MR) is 76.6 cm³/mol. The van der Waals surface area contributed by atoms with Gasteiger partial charge < -0.3 is 14.2 Å². The minimum atomic E-state index is -0.0971. The lowest BCUT2D eigenvalue weighted by atomic mass is 9.91. The fraction of sp³-hybridized carbons (Fsp3) is 0.600. The summed E-state index contributed by atoms with van der Waals surface area (Å²) in [6, 6.07) is 6.20. The van der Waals surface area contributed by atoms with Crippen molar-refractivity contribution in [3.63, 3.8) is 0 Å². The van der Waals surface area contributed by atoms with Gasteiger partial charge >= 0.3 is 0 Å². The molecule has 0 aromatic heterocycles. The molecule has 2 fully saturated rings. The molecular weight excluding hydrogens is 308 g/mol. The highest BCUT2D eigenvalue weighted by molar-refractivity contribution is 9.10. The van der Waals surface area contributed by atoms with Crippen LogP contribution >= 0.6 is 15.9 Å². The van der Waals surface area contributed by atoms with E-state index in [9.17, 15) is 0 Å². The number of hydrogen-bond acceptors (Lipinski definition) is 3. The Morgan fingerprint density at radius 1 is 1.37 bits per heavy atom. The third kappa shape index (κ3) is 2.96. The summed E-state index contributed by atoms with van der Waals surface area (Å²) in [5, 5.41) is 0. The molecule has 19 heavy (non-hydrogen) atoms. The average Bonchev–Trinajstić information content (AvgIpc) is 2.81. The van der Waals surface area contributed by atoms with Crippen LogP contribution in [0.25, 0.3) is 0 Å². The van der Waals surface area contributed by atoms with Crippen LogP contribution in [0.4, 0.5) is 0 Å². The summed E-state index contributed by atoms with van der Waals surface area (Å²) in [7, 11) is 0. The third-order valence-electron chi connectivity index (χ3n) is 3.90. The second-order valence-electron chi connectivity index (χ2n) is 5.50. The number of hydrogen-bond donors (Lipinski definition) is 0. The monoisotopic (exact) mass is 326 g/mol. The van der Waals surface area contributed by atoms with Gasteiger partial charge in [0.05, 0.1) is 23.3 Å². The molecule has 2 aliphatic rings. The Labute approximate surface area is 122 Å². The normalized spacial score (nSPS) is 30.7. The Morgan fingerprint density at radius 2 is 2.26 bits per heavy atom. The molecule has 3 nitrogen and oxygen atoms in total. The van der Waals surface area contributed by atoms with Gasteiger partial charge in [-0.05, 0) is 40.5 Å². The lowest BCUT2D eigenvalue weighted by Crippen LogP contribution is -2.44. The van der Waals surface area contributed by atoms with Crippen molar-refractivity contribution in [2.24, 2.45) is 0 Å². The number of rotatable bonds is 2. The van der Waals surface area contributed by atoms with E-state index in [1.165, 1.54) is 5.56 Å². The van der Waals surface area contributed by atoms with Crippen molar-refractivity contribution in [2.45, 2.75) is 37.9 Å². The van der Waals surface area contributed by atoms with Crippen LogP contribution in [-0.2, 0) is 9.47 Å². The van der Waals surface area contributed by atoms with E-state index < -0.39 is 0 Å². The molecule has 2 unspecified atom stereocenters. The molecule has 1 spiro atoms. The van der Waals surface area contributed by atoms with Gasteiger partial charge in [-0.3, -0.25) is 0 Å². The van der Waals surface area contributed by atoms with Crippen LogP contribution in [0, 0.1) is 6.92 Å². The molecule has 2 heterocycles. The van der Waals surface area contributed by atoms with E-state index in [1.807, 2.05) is 6.07 Å². The second-order valence-corrected chi connectivity index (χ2v) is 6.35. The van der Waals surface area contributed by atoms with Gasteiger partial charge in [0, 0.05) is 25.9 Å². The van der Waals surface area contributed by atoms with Crippen molar-refractivity contribution < 1.29 is 14.2 Å². The molecule has 0 saturated carbocycles. The topological polar surface area (TPSA) is 27.7 Å². The number of halogens is 1. The highest BCUT2D eigenvalue weighted by Gasteiger charge is 2.41. The standard InChI is InChI=1S/C15H19BrO3/c1-11-2-3-14(13(16)8-11)19-12-4-6-18-15(9-12)5-7-17-10-15/h2-3,8,12H,4-7,9-10H2,1H3. The lowest BCUT2D eigenvalue weighted by Gasteiger charge is -2.37. The maximum Gasteiger partial charge on any atom is 0.133 e. The van der Waals surface area contributed by atoms with Crippen LogP contribution in [-0.4, -0.2) is 31.5 Å². The molecule has 3 rings (SSSR count). The Bertz CT molecular complexity index is 455. The van der Waals surface area contributed by atoms with Gasteiger partial charge in [-0.2, -0.15) is 0 Å². The largest absolute Gasteiger partial charge is 0.489 e. The van der Waals surface area contributed by atoms with Gasteiger partial charge in [0.15, 0.2) is 0 Å². The van der Waals surface area contributed by atoms with Crippen molar-refractivity contribution in [1.29, 1.82) is 0 Å². The van der Waals surface area contributed by atoms with Crippen molar-refractivity contribution in [2.75, 3.05) is 19.8 Å². The van der Waals surface area contributed by atoms with Crippen LogP contribution in [0.5, 0.6) is 5.75 Å². The first kappa shape index (κ1) is 13.4. The van der Waals surface area contributed by atoms with Crippen LogP contribution in [0.15, 0.2) is 22.7 Å². The highest BCUT2D eigenvalue weighted by atomic mass is 79.9. The molecule has 0 radical (unpaired) electrons. The summed E-state index contributed by atoms with van der Waals surface area (Å²) >= 11 is 3.57. The Balaban J connectivity index is 1.69.